The fourth-order valence-electron chi connectivity index (χ4n) is 5.87. The van der Waals surface area contributed by atoms with Crippen LogP contribution in [0.3, 0.4) is 0 Å². The lowest BCUT2D eigenvalue weighted by Crippen LogP contribution is -2.59. The molecular formula is C23H42IN5O2. The zero-order chi connectivity index (χ0) is 20.8. The van der Waals surface area contributed by atoms with Gasteiger partial charge in [-0.1, -0.05) is 19.3 Å². The van der Waals surface area contributed by atoms with Gasteiger partial charge in [-0.15, -0.1) is 24.0 Å². The van der Waals surface area contributed by atoms with Crippen LogP contribution < -0.4 is 10.6 Å². The first kappa shape index (κ1) is 25.0. The Morgan fingerprint density at radius 1 is 1.03 bits per heavy atom. The quantitative estimate of drug-likeness (QED) is 0.315. The van der Waals surface area contributed by atoms with E-state index in [1.807, 2.05) is 7.05 Å². The number of guanidine groups is 1. The zero-order valence-electron chi connectivity index (χ0n) is 19.2. The smallest absolute Gasteiger partial charge is 0.225 e. The molecule has 3 saturated heterocycles. The maximum Gasteiger partial charge on any atom is 0.225 e. The van der Waals surface area contributed by atoms with Crippen molar-refractivity contribution in [3.05, 3.63) is 0 Å². The van der Waals surface area contributed by atoms with Crippen molar-refractivity contribution < 1.29 is 9.53 Å². The van der Waals surface area contributed by atoms with E-state index in [1.165, 1.54) is 45.2 Å². The summed E-state index contributed by atoms with van der Waals surface area (Å²) in [6.07, 6.45) is 11.7. The van der Waals surface area contributed by atoms with Crippen LogP contribution in [-0.2, 0) is 9.53 Å². The molecule has 0 aromatic rings. The number of hydrogen-bond donors (Lipinski definition) is 2. The molecule has 178 valence electrons. The van der Waals surface area contributed by atoms with E-state index in [0.717, 1.165) is 70.9 Å². The van der Waals surface area contributed by atoms with Gasteiger partial charge in [0.25, 0.3) is 0 Å². The lowest BCUT2D eigenvalue weighted by Gasteiger charge is -2.45. The summed E-state index contributed by atoms with van der Waals surface area (Å²) >= 11 is 0. The summed E-state index contributed by atoms with van der Waals surface area (Å²) in [7, 11) is 1.85. The van der Waals surface area contributed by atoms with Crippen LogP contribution in [0.1, 0.15) is 64.2 Å². The molecule has 1 aliphatic carbocycles. The minimum Gasteiger partial charge on any atom is -0.381 e. The van der Waals surface area contributed by atoms with E-state index in [0.29, 0.717) is 11.9 Å². The lowest BCUT2D eigenvalue weighted by molar-refractivity contribution is -0.135. The summed E-state index contributed by atoms with van der Waals surface area (Å²) < 4.78 is 5.67. The van der Waals surface area contributed by atoms with Gasteiger partial charge in [-0.05, 0) is 58.0 Å². The Morgan fingerprint density at radius 2 is 1.74 bits per heavy atom. The summed E-state index contributed by atoms with van der Waals surface area (Å²) in [5.74, 6) is 1.53. The molecule has 4 aliphatic rings. The average molecular weight is 548 g/mol. The van der Waals surface area contributed by atoms with Crippen LogP contribution in [0.25, 0.3) is 0 Å². The monoisotopic (exact) mass is 547 g/mol. The van der Waals surface area contributed by atoms with Crippen LogP contribution >= 0.6 is 24.0 Å². The Kier molecular flexibility index (Phi) is 9.70. The number of carbonyl (C=O) groups is 1. The second-order valence-corrected chi connectivity index (χ2v) is 9.71. The molecule has 0 spiro atoms. The van der Waals surface area contributed by atoms with Crippen molar-refractivity contribution in [1.29, 1.82) is 0 Å². The topological polar surface area (TPSA) is 69.2 Å². The largest absolute Gasteiger partial charge is 0.381 e. The maximum atomic E-state index is 12.9. The molecule has 1 unspecified atom stereocenters. The fourth-order valence-corrected chi connectivity index (χ4v) is 5.87. The minimum atomic E-state index is 0. The molecule has 0 bridgehead atoms. The first-order valence-corrected chi connectivity index (χ1v) is 12.3. The first-order chi connectivity index (χ1) is 14.7. The third-order valence-corrected chi connectivity index (χ3v) is 7.80. The number of likely N-dealkylation sites (tertiary alicyclic amines) is 2. The molecule has 1 amide bonds. The Morgan fingerprint density at radius 3 is 2.42 bits per heavy atom. The van der Waals surface area contributed by atoms with Crippen LogP contribution in [0, 0.1) is 5.92 Å². The zero-order valence-corrected chi connectivity index (χ0v) is 21.6. The number of ether oxygens (including phenoxy) is 1. The first-order valence-electron chi connectivity index (χ1n) is 12.3. The average Bonchev–Trinajstić information content (AvgIpc) is 3.50. The number of carbonyl (C=O) groups excluding carboxylic acids is 1. The Balaban J connectivity index is 0.00000272. The van der Waals surface area contributed by atoms with E-state index in [4.69, 9.17) is 4.74 Å². The Hall–Kier alpha value is -0.610. The van der Waals surface area contributed by atoms with Gasteiger partial charge in [0.05, 0.1) is 0 Å². The second kappa shape index (κ2) is 12.0. The van der Waals surface area contributed by atoms with Crippen molar-refractivity contribution in [2.75, 3.05) is 53.0 Å². The van der Waals surface area contributed by atoms with Gasteiger partial charge in [-0.2, -0.15) is 0 Å². The van der Waals surface area contributed by atoms with Gasteiger partial charge in [-0.3, -0.25) is 14.7 Å². The third kappa shape index (κ3) is 6.25. The van der Waals surface area contributed by atoms with Crippen molar-refractivity contribution in [3.8, 4) is 0 Å². The van der Waals surface area contributed by atoms with Gasteiger partial charge in [0.2, 0.25) is 5.91 Å². The van der Waals surface area contributed by atoms with Gasteiger partial charge in [0, 0.05) is 57.4 Å². The number of aliphatic imine (C=N–C) groups is 1. The highest BCUT2D eigenvalue weighted by Crippen LogP contribution is 2.31. The molecule has 4 rings (SSSR count). The van der Waals surface area contributed by atoms with Gasteiger partial charge in [0.15, 0.2) is 5.96 Å². The van der Waals surface area contributed by atoms with Crippen molar-refractivity contribution in [2.24, 2.45) is 10.9 Å². The summed E-state index contributed by atoms with van der Waals surface area (Å²) in [5, 5.41) is 7.23. The van der Waals surface area contributed by atoms with Crippen molar-refractivity contribution >= 4 is 35.8 Å². The van der Waals surface area contributed by atoms with Crippen LogP contribution in [0.15, 0.2) is 4.99 Å². The molecule has 1 atom stereocenters. The highest BCUT2D eigenvalue weighted by atomic mass is 127. The molecule has 7 nitrogen and oxygen atoms in total. The highest BCUT2D eigenvalue weighted by Gasteiger charge is 2.40. The van der Waals surface area contributed by atoms with E-state index < -0.39 is 0 Å². The van der Waals surface area contributed by atoms with Crippen LogP contribution in [-0.4, -0.2) is 86.2 Å². The molecule has 31 heavy (non-hydrogen) atoms. The van der Waals surface area contributed by atoms with Crippen molar-refractivity contribution in [1.82, 2.24) is 20.4 Å². The van der Waals surface area contributed by atoms with Gasteiger partial charge in [-0.25, -0.2) is 0 Å². The lowest BCUT2D eigenvalue weighted by atomic mass is 9.88. The summed E-state index contributed by atoms with van der Waals surface area (Å²) in [4.78, 5) is 22.1. The molecule has 0 aromatic heterocycles. The summed E-state index contributed by atoms with van der Waals surface area (Å²) in [6, 6.07) is 0.293. The Labute approximate surface area is 205 Å². The second-order valence-electron chi connectivity index (χ2n) is 9.71. The van der Waals surface area contributed by atoms with E-state index in [-0.39, 0.29) is 35.4 Å². The molecule has 3 aliphatic heterocycles. The summed E-state index contributed by atoms with van der Waals surface area (Å²) in [5.41, 5.74) is 0.186. The predicted molar refractivity (Wildman–Crippen MR) is 135 cm³/mol. The number of rotatable bonds is 5. The molecule has 2 N–H and O–H groups in total. The van der Waals surface area contributed by atoms with Crippen molar-refractivity contribution in [2.45, 2.75) is 75.8 Å². The maximum absolute atomic E-state index is 12.9. The van der Waals surface area contributed by atoms with Crippen molar-refractivity contribution in [3.63, 3.8) is 0 Å². The molecule has 3 heterocycles. The minimum absolute atomic E-state index is 0. The van der Waals surface area contributed by atoms with Crippen LogP contribution in [0.4, 0.5) is 0 Å². The van der Waals surface area contributed by atoms with E-state index >= 15 is 0 Å². The van der Waals surface area contributed by atoms with E-state index in [2.05, 4.69) is 25.4 Å². The van der Waals surface area contributed by atoms with Crippen LogP contribution in [0.5, 0.6) is 0 Å². The number of hydrogen-bond acceptors (Lipinski definition) is 4. The number of halogens is 1. The standard InChI is InChI=1S/C23H41N5O2.HI/c1-24-22(25-18-23(10-15-30-16-11-23)28-12-5-6-13-28)26-20-9-14-27(17-20)21(29)19-7-3-2-4-8-19;/h19-20H,2-18H2,1H3,(H2,24,25,26);1H. The predicted octanol–water partition coefficient (Wildman–Crippen LogP) is 2.60. The SMILES string of the molecule is CN=C(NCC1(N2CCCC2)CCOCC1)NC1CCN(C(=O)C2CCCCC2)C1.I. The molecule has 0 aromatic carbocycles. The number of amides is 1. The molecular weight excluding hydrogens is 505 g/mol. The van der Waals surface area contributed by atoms with Gasteiger partial charge in [0.1, 0.15) is 0 Å². The molecule has 8 heteroatoms. The fraction of sp³-hybridized carbons (Fsp3) is 0.913. The third-order valence-electron chi connectivity index (χ3n) is 7.80. The molecule has 1 saturated carbocycles. The Bertz CT molecular complexity index is 599. The number of nitrogens with zero attached hydrogens (tertiary/aromatic N) is 3. The highest BCUT2D eigenvalue weighted by molar-refractivity contribution is 14.0. The normalized spacial score (nSPS) is 27.7. The van der Waals surface area contributed by atoms with E-state index in [9.17, 15) is 4.79 Å². The molecule has 0 radical (unpaired) electrons. The molecule has 4 fully saturated rings. The van der Waals surface area contributed by atoms with E-state index in [1.54, 1.807) is 0 Å². The summed E-state index contributed by atoms with van der Waals surface area (Å²) in [6.45, 7) is 6.70. The van der Waals surface area contributed by atoms with Crippen LogP contribution in [0.2, 0.25) is 0 Å². The van der Waals surface area contributed by atoms with Gasteiger partial charge < -0.3 is 20.3 Å². The number of nitrogens with one attached hydrogen (secondary N) is 2. The van der Waals surface area contributed by atoms with Gasteiger partial charge >= 0.3 is 0 Å².